The van der Waals surface area contributed by atoms with Crippen molar-refractivity contribution in [3.8, 4) is 5.75 Å². The van der Waals surface area contributed by atoms with Crippen molar-refractivity contribution >= 4 is 21.4 Å². The maximum atomic E-state index is 14.2. The van der Waals surface area contributed by atoms with Gasteiger partial charge >= 0.3 is 0 Å². The number of hydrogen-bond acceptors (Lipinski definition) is 5. The Balaban J connectivity index is 2.24. The fraction of sp³-hybridized carbons (Fsp3) is 0.562. The van der Waals surface area contributed by atoms with E-state index < -0.39 is 26.3 Å². The Bertz CT molecular complexity index is 713. The molecule has 0 bridgehead atoms. The number of hydrogen-bond donors (Lipinski definition) is 2. The maximum Gasteiger partial charge on any atom is 0.246 e. The van der Waals surface area contributed by atoms with Crippen molar-refractivity contribution in [3.63, 3.8) is 0 Å². The summed E-state index contributed by atoms with van der Waals surface area (Å²) in [4.78, 5) is 12.6. The summed E-state index contributed by atoms with van der Waals surface area (Å²) in [6.07, 6.45) is 1.27. The quantitative estimate of drug-likeness (QED) is 0.837. The van der Waals surface area contributed by atoms with Crippen LogP contribution in [0.5, 0.6) is 5.75 Å². The summed E-state index contributed by atoms with van der Waals surface area (Å²) in [7, 11) is -3.64. The Labute approximate surface area is 141 Å². The van der Waals surface area contributed by atoms with E-state index in [2.05, 4.69) is 10.6 Å². The lowest BCUT2D eigenvalue weighted by molar-refractivity contribution is -0.119. The van der Waals surface area contributed by atoms with Crippen molar-refractivity contribution in [3.05, 3.63) is 24.0 Å². The lowest BCUT2D eigenvalue weighted by Crippen LogP contribution is -2.55. The van der Waals surface area contributed by atoms with Gasteiger partial charge in [0, 0.05) is 12.3 Å². The third-order valence-corrected chi connectivity index (χ3v) is 6.11. The number of amides is 1. The molecule has 24 heavy (non-hydrogen) atoms. The van der Waals surface area contributed by atoms with E-state index in [9.17, 15) is 17.6 Å². The fourth-order valence-corrected chi connectivity index (χ4v) is 4.11. The maximum absolute atomic E-state index is 14.2. The third kappa shape index (κ3) is 3.87. The molecule has 1 amide bonds. The van der Waals surface area contributed by atoms with Crippen LogP contribution in [-0.2, 0) is 14.6 Å². The molecule has 0 unspecified atom stereocenters. The molecule has 134 valence electrons. The van der Waals surface area contributed by atoms with Gasteiger partial charge < -0.3 is 15.4 Å². The predicted octanol–water partition coefficient (Wildman–Crippen LogP) is 1.72. The highest BCUT2D eigenvalue weighted by Gasteiger charge is 2.48. The van der Waals surface area contributed by atoms with E-state index >= 15 is 0 Å². The average Bonchev–Trinajstić information content (AvgIpc) is 2.49. The molecule has 2 rings (SSSR count). The van der Waals surface area contributed by atoms with E-state index in [0.717, 1.165) is 6.26 Å². The molecule has 1 heterocycles. The minimum absolute atomic E-state index is 0.0577. The number of ether oxygens (including phenoxy) is 1. The van der Waals surface area contributed by atoms with Crippen molar-refractivity contribution in [2.24, 2.45) is 0 Å². The van der Waals surface area contributed by atoms with Crippen molar-refractivity contribution < 1.29 is 22.3 Å². The second-order valence-corrected chi connectivity index (χ2v) is 8.60. The molecule has 0 atom stereocenters. The summed E-state index contributed by atoms with van der Waals surface area (Å²) < 4.78 is 42.4. The van der Waals surface area contributed by atoms with Gasteiger partial charge in [0.15, 0.2) is 14.6 Å². The Hall–Kier alpha value is -1.67. The Morgan fingerprint density at radius 3 is 2.46 bits per heavy atom. The summed E-state index contributed by atoms with van der Waals surface area (Å²) in [5.74, 6) is -1.01. The molecule has 6 nitrogen and oxygen atoms in total. The molecule has 1 aromatic carbocycles. The second kappa shape index (κ2) is 7.06. The van der Waals surface area contributed by atoms with Gasteiger partial charge in [-0.05, 0) is 51.9 Å². The van der Waals surface area contributed by atoms with Crippen LogP contribution in [0.2, 0.25) is 0 Å². The number of carbonyl (C=O) groups is 1. The summed E-state index contributed by atoms with van der Waals surface area (Å²) in [6, 6.07) is 4.08. The molecule has 0 aliphatic carbocycles. The lowest BCUT2D eigenvalue weighted by atomic mass is 9.95. The summed E-state index contributed by atoms with van der Waals surface area (Å²) in [5.41, 5.74) is -0.0577. The highest BCUT2D eigenvalue weighted by Crippen LogP contribution is 2.30. The highest BCUT2D eigenvalue weighted by atomic mass is 32.2. The summed E-state index contributed by atoms with van der Waals surface area (Å²) >= 11 is 0. The molecule has 0 spiro atoms. The van der Waals surface area contributed by atoms with Crippen LogP contribution in [0.3, 0.4) is 0 Å². The molecule has 1 saturated heterocycles. The third-order valence-electron chi connectivity index (χ3n) is 4.10. The zero-order valence-corrected chi connectivity index (χ0v) is 14.9. The summed E-state index contributed by atoms with van der Waals surface area (Å²) in [5, 5.41) is 5.46. The van der Waals surface area contributed by atoms with Gasteiger partial charge in [-0.15, -0.1) is 0 Å². The van der Waals surface area contributed by atoms with Crippen LogP contribution in [0.25, 0.3) is 0 Å². The normalized spacial score (nSPS) is 17.5. The van der Waals surface area contributed by atoms with E-state index in [1.807, 2.05) is 13.8 Å². The van der Waals surface area contributed by atoms with Crippen molar-refractivity contribution in [1.29, 1.82) is 0 Å². The number of carbonyl (C=O) groups excluding carboxylic acids is 1. The summed E-state index contributed by atoms with van der Waals surface area (Å²) in [6.45, 7) is 4.48. The molecule has 1 aromatic rings. The molecular weight excluding hydrogens is 335 g/mol. The first kappa shape index (κ1) is 18.7. The predicted molar refractivity (Wildman–Crippen MR) is 90.5 cm³/mol. The van der Waals surface area contributed by atoms with Gasteiger partial charge in [-0.2, -0.15) is 0 Å². The standard InChI is InChI=1S/C16H23FN2O4S/c1-11(2)23-12-4-5-14(13(17)10-12)19-15(20)16(24(3,21)22)6-8-18-9-7-16/h4-5,10-11,18H,6-9H2,1-3H3,(H,19,20). The van der Waals surface area contributed by atoms with Crippen molar-refractivity contribution in [1.82, 2.24) is 5.32 Å². The average molecular weight is 358 g/mol. The Morgan fingerprint density at radius 2 is 1.96 bits per heavy atom. The fourth-order valence-electron chi connectivity index (χ4n) is 2.78. The van der Waals surface area contributed by atoms with Gasteiger partial charge in [0.05, 0.1) is 11.8 Å². The van der Waals surface area contributed by atoms with Crippen LogP contribution in [0, 0.1) is 5.82 Å². The number of rotatable bonds is 5. The van der Waals surface area contributed by atoms with Crippen LogP contribution in [0.15, 0.2) is 18.2 Å². The molecule has 1 fully saturated rings. The van der Waals surface area contributed by atoms with E-state index in [4.69, 9.17) is 4.74 Å². The monoisotopic (exact) mass is 358 g/mol. The SMILES string of the molecule is CC(C)Oc1ccc(NC(=O)C2(S(C)(=O)=O)CCNCC2)c(F)c1. The van der Waals surface area contributed by atoms with E-state index in [1.54, 1.807) is 0 Å². The van der Waals surface area contributed by atoms with Crippen LogP contribution < -0.4 is 15.4 Å². The van der Waals surface area contributed by atoms with Gasteiger partial charge in [0.2, 0.25) is 5.91 Å². The first-order chi connectivity index (χ1) is 11.2. The van der Waals surface area contributed by atoms with Gasteiger partial charge in [0.1, 0.15) is 11.6 Å². The van der Waals surface area contributed by atoms with Crippen LogP contribution >= 0.6 is 0 Å². The van der Waals surface area contributed by atoms with Crippen LogP contribution in [0.1, 0.15) is 26.7 Å². The van der Waals surface area contributed by atoms with Crippen molar-refractivity contribution in [2.75, 3.05) is 24.7 Å². The highest BCUT2D eigenvalue weighted by molar-refractivity contribution is 7.92. The zero-order chi connectivity index (χ0) is 18.0. The molecule has 1 aliphatic rings. The number of anilines is 1. The smallest absolute Gasteiger partial charge is 0.246 e. The number of piperidine rings is 1. The number of sulfone groups is 1. The number of nitrogens with one attached hydrogen (secondary N) is 2. The number of benzene rings is 1. The molecule has 8 heteroatoms. The van der Waals surface area contributed by atoms with Gasteiger partial charge in [0.25, 0.3) is 0 Å². The minimum atomic E-state index is -3.64. The molecule has 0 radical (unpaired) electrons. The first-order valence-corrected chi connectivity index (χ1v) is 9.73. The minimum Gasteiger partial charge on any atom is -0.491 e. The topological polar surface area (TPSA) is 84.5 Å². The van der Waals surface area contributed by atoms with Gasteiger partial charge in [-0.1, -0.05) is 0 Å². The molecular formula is C16H23FN2O4S. The number of halogens is 1. The van der Waals surface area contributed by atoms with Crippen LogP contribution in [0.4, 0.5) is 10.1 Å². The molecule has 1 aliphatic heterocycles. The largest absolute Gasteiger partial charge is 0.491 e. The molecule has 0 saturated carbocycles. The van der Waals surface area contributed by atoms with E-state index in [1.165, 1.54) is 18.2 Å². The second-order valence-electron chi connectivity index (χ2n) is 6.28. The van der Waals surface area contributed by atoms with Crippen LogP contribution in [-0.4, -0.2) is 44.5 Å². The molecule has 2 N–H and O–H groups in total. The lowest BCUT2D eigenvalue weighted by Gasteiger charge is -2.34. The Morgan fingerprint density at radius 1 is 1.33 bits per heavy atom. The van der Waals surface area contributed by atoms with E-state index in [-0.39, 0.29) is 24.6 Å². The van der Waals surface area contributed by atoms with Gasteiger partial charge in [-0.25, -0.2) is 12.8 Å². The zero-order valence-electron chi connectivity index (χ0n) is 14.1. The molecule has 0 aromatic heterocycles. The van der Waals surface area contributed by atoms with Gasteiger partial charge in [-0.3, -0.25) is 4.79 Å². The first-order valence-electron chi connectivity index (χ1n) is 7.84. The van der Waals surface area contributed by atoms with E-state index in [0.29, 0.717) is 18.8 Å². The Kier molecular flexibility index (Phi) is 5.49. The van der Waals surface area contributed by atoms with Crippen molar-refractivity contribution in [2.45, 2.75) is 37.5 Å².